The highest BCUT2D eigenvalue weighted by Gasteiger charge is 2.13. The molecule has 2 N–H and O–H groups in total. The molecule has 2 aromatic carbocycles. The third-order valence-corrected chi connectivity index (χ3v) is 3.13. The van der Waals surface area contributed by atoms with Gasteiger partial charge in [0.25, 0.3) is 6.47 Å². The molecule has 0 bridgehead atoms. The number of carbonyl (C=O) groups excluding carboxylic acids is 2. The lowest BCUT2D eigenvalue weighted by Gasteiger charge is -2.14. The number of fused-ring (bicyclic) bond motifs is 1. The Morgan fingerprint density at radius 2 is 2.14 bits per heavy atom. The van der Waals surface area contributed by atoms with E-state index in [1.807, 2.05) is 19.9 Å². The molecule has 5 nitrogen and oxygen atoms in total. The van der Waals surface area contributed by atoms with Crippen LogP contribution in [0.2, 0.25) is 0 Å². The number of hydrogen-bond donors (Lipinski definition) is 2. The lowest BCUT2D eigenvalue weighted by molar-refractivity contribution is -0.129. The molecule has 110 valence electrons. The standard InChI is InChI=1S/C16H17NO4/c1-10(2)16(20)17-14-5-3-4-11-6-13(19)7-12(15(11)14)8-21-9-18/h3-7,9-10,19H,8H2,1-2H3,(H,17,20). The molecule has 0 heterocycles. The number of hydrogen-bond acceptors (Lipinski definition) is 4. The Hall–Kier alpha value is -2.56. The number of benzene rings is 2. The van der Waals surface area contributed by atoms with Crippen LogP contribution in [0.25, 0.3) is 10.8 Å². The van der Waals surface area contributed by atoms with Crippen LogP contribution in [0.1, 0.15) is 19.4 Å². The number of anilines is 1. The molecule has 1 amide bonds. The minimum absolute atomic E-state index is 0.0307. The van der Waals surface area contributed by atoms with Crippen LogP contribution in [0, 0.1) is 5.92 Å². The van der Waals surface area contributed by atoms with Gasteiger partial charge in [-0.3, -0.25) is 9.59 Å². The highest BCUT2D eigenvalue weighted by molar-refractivity contribution is 6.04. The van der Waals surface area contributed by atoms with Gasteiger partial charge in [-0.05, 0) is 23.6 Å². The first-order valence-electron chi connectivity index (χ1n) is 6.63. The second kappa shape index (κ2) is 6.26. The topological polar surface area (TPSA) is 75.6 Å². The summed E-state index contributed by atoms with van der Waals surface area (Å²) in [6, 6.07) is 8.53. The quantitative estimate of drug-likeness (QED) is 0.829. The second-order valence-corrected chi connectivity index (χ2v) is 5.06. The molecule has 0 unspecified atom stereocenters. The highest BCUT2D eigenvalue weighted by Crippen LogP contribution is 2.31. The number of rotatable bonds is 5. The van der Waals surface area contributed by atoms with E-state index in [4.69, 9.17) is 4.74 Å². The van der Waals surface area contributed by atoms with Gasteiger partial charge in [-0.25, -0.2) is 0 Å². The zero-order valence-electron chi connectivity index (χ0n) is 11.9. The van der Waals surface area contributed by atoms with E-state index >= 15 is 0 Å². The summed E-state index contributed by atoms with van der Waals surface area (Å²) in [7, 11) is 0. The number of ether oxygens (including phenoxy) is 1. The molecule has 0 aliphatic carbocycles. The summed E-state index contributed by atoms with van der Waals surface area (Å²) < 4.78 is 4.79. The fourth-order valence-electron chi connectivity index (χ4n) is 2.12. The molecule has 0 aliphatic heterocycles. The minimum Gasteiger partial charge on any atom is -0.508 e. The molecule has 21 heavy (non-hydrogen) atoms. The van der Waals surface area contributed by atoms with Crippen LogP contribution in [0.3, 0.4) is 0 Å². The molecule has 0 saturated carbocycles. The summed E-state index contributed by atoms with van der Waals surface area (Å²) >= 11 is 0. The van der Waals surface area contributed by atoms with E-state index in [2.05, 4.69) is 5.32 Å². The fraction of sp³-hybridized carbons (Fsp3) is 0.250. The molecule has 0 aliphatic rings. The molecule has 0 spiro atoms. The van der Waals surface area contributed by atoms with Crippen molar-refractivity contribution in [1.29, 1.82) is 0 Å². The Morgan fingerprint density at radius 1 is 1.38 bits per heavy atom. The summed E-state index contributed by atoms with van der Waals surface area (Å²) in [6.07, 6.45) is 0. The van der Waals surface area contributed by atoms with E-state index in [1.165, 1.54) is 6.07 Å². The number of carbonyl (C=O) groups is 2. The van der Waals surface area contributed by atoms with E-state index < -0.39 is 0 Å². The van der Waals surface area contributed by atoms with E-state index in [0.717, 1.165) is 10.8 Å². The predicted molar refractivity (Wildman–Crippen MR) is 79.9 cm³/mol. The predicted octanol–water partition coefficient (Wildman–Crippen LogP) is 2.81. The summed E-state index contributed by atoms with van der Waals surface area (Å²) in [5.41, 5.74) is 1.27. The maximum Gasteiger partial charge on any atom is 0.293 e. The van der Waals surface area contributed by atoms with Crippen LogP contribution in [0.4, 0.5) is 5.69 Å². The van der Waals surface area contributed by atoms with Crippen molar-refractivity contribution in [3.05, 3.63) is 35.9 Å². The molecular formula is C16H17NO4. The van der Waals surface area contributed by atoms with Crippen LogP contribution < -0.4 is 5.32 Å². The maximum atomic E-state index is 11.9. The average molecular weight is 287 g/mol. The van der Waals surface area contributed by atoms with Crippen molar-refractivity contribution in [2.45, 2.75) is 20.5 Å². The largest absolute Gasteiger partial charge is 0.508 e. The second-order valence-electron chi connectivity index (χ2n) is 5.06. The lowest BCUT2D eigenvalue weighted by Crippen LogP contribution is -2.18. The lowest BCUT2D eigenvalue weighted by atomic mass is 10.0. The van der Waals surface area contributed by atoms with E-state index in [9.17, 15) is 14.7 Å². The number of phenolic OH excluding ortho intramolecular Hbond substituents is 1. The average Bonchev–Trinajstić information content (AvgIpc) is 2.44. The van der Waals surface area contributed by atoms with Crippen LogP contribution >= 0.6 is 0 Å². The maximum absolute atomic E-state index is 11.9. The molecule has 0 radical (unpaired) electrons. The van der Waals surface area contributed by atoms with Crippen LogP contribution in [0.5, 0.6) is 5.75 Å². The fourth-order valence-corrected chi connectivity index (χ4v) is 2.12. The minimum atomic E-state index is -0.146. The van der Waals surface area contributed by atoms with Crippen molar-refractivity contribution in [1.82, 2.24) is 0 Å². The molecule has 5 heteroatoms. The van der Waals surface area contributed by atoms with Gasteiger partial charge in [0.2, 0.25) is 5.91 Å². The van der Waals surface area contributed by atoms with E-state index in [1.54, 1.807) is 18.2 Å². The van der Waals surface area contributed by atoms with Gasteiger partial charge in [-0.1, -0.05) is 26.0 Å². The van der Waals surface area contributed by atoms with E-state index in [0.29, 0.717) is 17.7 Å². The van der Waals surface area contributed by atoms with Gasteiger partial charge < -0.3 is 15.2 Å². The van der Waals surface area contributed by atoms with Gasteiger partial charge in [0.05, 0.1) is 0 Å². The number of amides is 1. The zero-order chi connectivity index (χ0) is 15.4. The molecule has 0 aromatic heterocycles. The summed E-state index contributed by atoms with van der Waals surface area (Å²) in [6.45, 7) is 4.00. The van der Waals surface area contributed by atoms with Crippen molar-refractivity contribution in [3.63, 3.8) is 0 Å². The zero-order valence-corrected chi connectivity index (χ0v) is 11.9. The molecule has 2 rings (SSSR count). The van der Waals surface area contributed by atoms with Crippen molar-refractivity contribution in [3.8, 4) is 5.75 Å². The Bertz CT molecular complexity index is 679. The molecular weight excluding hydrogens is 270 g/mol. The van der Waals surface area contributed by atoms with E-state index in [-0.39, 0.29) is 24.2 Å². The summed E-state index contributed by atoms with van der Waals surface area (Å²) in [5, 5.41) is 14.1. The van der Waals surface area contributed by atoms with Gasteiger partial charge in [0.1, 0.15) is 12.4 Å². The molecule has 2 aromatic rings. The van der Waals surface area contributed by atoms with Crippen molar-refractivity contribution >= 4 is 28.8 Å². The number of phenols is 1. The van der Waals surface area contributed by atoms with Gasteiger partial charge in [-0.2, -0.15) is 0 Å². The number of aromatic hydroxyl groups is 1. The van der Waals surface area contributed by atoms with Crippen molar-refractivity contribution in [2.75, 3.05) is 5.32 Å². The Morgan fingerprint density at radius 3 is 2.81 bits per heavy atom. The number of nitrogens with one attached hydrogen (secondary N) is 1. The monoisotopic (exact) mass is 287 g/mol. The first kappa shape index (κ1) is 14.8. The Kier molecular flexibility index (Phi) is 4.42. The van der Waals surface area contributed by atoms with Crippen LogP contribution in [-0.4, -0.2) is 17.5 Å². The van der Waals surface area contributed by atoms with Gasteiger partial charge in [0.15, 0.2) is 0 Å². The highest BCUT2D eigenvalue weighted by atomic mass is 16.5. The molecule has 0 fully saturated rings. The third-order valence-electron chi connectivity index (χ3n) is 3.13. The SMILES string of the molecule is CC(C)C(=O)Nc1cccc2cc(O)cc(COC=O)c12. The summed E-state index contributed by atoms with van der Waals surface area (Å²) in [4.78, 5) is 22.3. The first-order valence-corrected chi connectivity index (χ1v) is 6.63. The van der Waals surface area contributed by atoms with Crippen molar-refractivity contribution < 1.29 is 19.4 Å². The van der Waals surface area contributed by atoms with Crippen LogP contribution in [0.15, 0.2) is 30.3 Å². The third kappa shape index (κ3) is 3.31. The van der Waals surface area contributed by atoms with Gasteiger partial charge in [0, 0.05) is 22.6 Å². The Balaban J connectivity index is 2.54. The smallest absolute Gasteiger partial charge is 0.293 e. The van der Waals surface area contributed by atoms with Crippen molar-refractivity contribution in [2.24, 2.45) is 5.92 Å². The normalized spacial score (nSPS) is 10.6. The van der Waals surface area contributed by atoms with Gasteiger partial charge in [-0.15, -0.1) is 0 Å². The molecule has 0 atom stereocenters. The summed E-state index contributed by atoms with van der Waals surface area (Å²) in [5.74, 6) is -0.163. The molecule has 0 saturated heterocycles. The first-order chi connectivity index (χ1) is 10.0. The van der Waals surface area contributed by atoms with Gasteiger partial charge >= 0.3 is 0 Å². The Labute approximate surface area is 122 Å². The van der Waals surface area contributed by atoms with Crippen LogP contribution in [-0.2, 0) is 20.9 Å².